The molecule has 0 aliphatic rings. The maximum Gasteiger partial charge on any atom is 0.229 e. The third kappa shape index (κ3) is 3.90. The number of aromatic nitrogens is 2. The third-order valence-corrected chi connectivity index (χ3v) is 4.30. The van der Waals surface area contributed by atoms with Crippen molar-refractivity contribution >= 4 is 38.9 Å². The molecule has 1 aromatic carbocycles. The van der Waals surface area contributed by atoms with Gasteiger partial charge in [-0.25, -0.2) is 8.42 Å². The number of rotatable bonds is 4. The van der Waals surface area contributed by atoms with Gasteiger partial charge in [0.2, 0.25) is 10.0 Å². The molecule has 8 heteroatoms. The highest BCUT2D eigenvalue weighted by Gasteiger charge is 2.15. The van der Waals surface area contributed by atoms with Gasteiger partial charge in [0, 0.05) is 0 Å². The molecule has 0 atom stereocenters. The van der Waals surface area contributed by atoms with Crippen LogP contribution in [0.25, 0.3) is 0 Å². The van der Waals surface area contributed by atoms with Crippen molar-refractivity contribution in [3.63, 3.8) is 0 Å². The van der Waals surface area contributed by atoms with Crippen molar-refractivity contribution in [1.29, 1.82) is 0 Å². The minimum atomic E-state index is -3.34. The Morgan fingerprint density at radius 3 is 2.48 bits per heavy atom. The molecule has 0 aliphatic carbocycles. The van der Waals surface area contributed by atoms with E-state index < -0.39 is 10.0 Å². The van der Waals surface area contributed by atoms with Crippen LogP contribution in [0.1, 0.15) is 17.0 Å². The van der Waals surface area contributed by atoms with E-state index in [1.165, 1.54) is 0 Å². The molecule has 1 aromatic heterocycles. The molecule has 0 spiro atoms. The van der Waals surface area contributed by atoms with Crippen molar-refractivity contribution < 1.29 is 8.42 Å². The maximum absolute atomic E-state index is 11.4. The van der Waals surface area contributed by atoms with Gasteiger partial charge >= 0.3 is 0 Å². The standard InChI is InChI=1S/C13H15Cl2N3O2S/c1-8-13(17-21(3,19)20)9(2)18(16-8)7-10-4-5-11(14)12(15)6-10/h4-6,17H,7H2,1-3H3. The smallest absolute Gasteiger partial charge is 0.229 e. The van der Waals surface area contributed by atoms with Crippen molar-refractivity contribution in [1.82, 2.24) is 9.78 Å². The summed E-state index contributed by atoms with van der Waals surface area (Å²) < 4.78 is 27.0. The number of halogens is 2. The highest BCUT2D eigenvalue weighted by atomic mass is 35.5. The maximum atomic E-state index is 11.4. The topological polar surface area (TPSA) is 64.0 Å². The van der Waals surface area contributed by atoms with E-state index in [9.17, 15) is 8.42 Å². The molecule has 0 bridgehead atoms. The second-order valence-corrected chi connectivity index (χ2v) is 7.39. The Morgan fingerprint density at radius 1 is 1.24 bits per heavy atom. The van der Waals surface area contributed by atoms with Gasteiger partial charge in [0.05, 0.1) is 39.9 Å². The lowest BCUT2D eigenvalue weighted by atomic mass is 10.2. The minimum absolute atomic E-state index is 0.477. The summed E-state index contributed by atoms with van der Waals surface area (Å²) in [6, 6.07) is 5.35. The third-order valence-electron chi connectivity index (χ3n) is 2.99. The SMILES string of the molecule is Cc1nn(Cc2ccc(Cl)c(Cl)c2)c(C)c1NS(C)(=O)=O. The van der Waals surface area contributed by atoms with Gasteiger partial charge in [-0.1, -0.05) is 29.3 Å². The molecule has 0 amide bonds. The van der Waals surface area contributed by atoms with Crippen molar-refractivity contribution in [2.75, 3.05) is 11.0 Å². The van der Waals surface area contributed by atoms with Crippen LogP contribution in [0.4, 0.5) is 5.69 Å². The van der Waals surface area contributed by atoms with Crippen LogP contribution in [0.3, 0.4) is 0 Å². The highest BCUT2D eigenvalue weighted by Crippen LogP contribution is 2.25. The van der Waals surface area contributed by atoms with E-state index in [0.717, 1.165) is 17.5 Å². The van der Waals surface area contributed by atoms with Crippen LogP contribution in [0.5, 0.6) is 0 Å². The molecule has 0 fully saturated rings. The summed E-state index contributed by atoms with van der Waals surface area (Å²) in [7, 11) is -3.34. The van der Waals surface area contributed by atoms with Gasteiger partial charge in [0.15, 0.2) is 0 Å². The van der Waals surface area contributed by atoms with Crippen LogP contribution in [0.2, 0.25) is 10.0 Å². The zero-order valence-corrected chi connectivity index (χ0v) is 14.1. The molecule has 1 N–H and O–H groups in total. The number of nitrogens with one attached hydrogen (secondary N) is 1. The van der Waals surface area contributed by atoms with Crippen LogP contribution in [0.15, 0.2) is 18.2 Å². The van der Waals surface area contributed by atoms with Gasteiger partial charge in [0.25, 0.3) is 0 Å². The predicted molar refractivity (Wildman–Crippen MR) is 85.7 cm³/mol. The highest BCUT2D eigenvalue weighted by molar-refractivity contribution is 7.92. The van der Waals surface area contributed by atoms with Crippen molar-refractivity contribution in [2.24, 2.45) is 0 Å². The second kappa shape index (κ2) is 5.87. The van der Waals surface area contributed by atoms with Gasteiger partial charge in [-0.2, -0.15) is 5.10 Å². The van der Waals surface area contributed by atoms with E-state index in [1.54, 1.807) is 23.7 Å². The summed E-state index contributed by atoms with van der Waals surface area (Å²) in [6.07, 6.45) is 1.11. The van der Waals surface area contributed by atoms with Crippen LogP contribution in [-0.2, 0) is 16.6 Å². The summed E-state index contributed by atoms with van der Waals surface area (Å²) in [4.78, 5) is 0. The van der Waals surface area contributed by atoms with Crippen LogP contribution in [-0.4, -0.2) is 24.5 Å². The number of nitrogens with zero attached hydrogens (tertiary/aromatic N) is 2. The minimum Gasteiger partial charge on any atom is -0.280 e. The lowest BCUT2D eigenvalue weighted by Crippen LogP contribution is -2.11. The Bertz CT molecular complexity index is 785. The van der Waals surface area contributed by atoms with Gasteiger partial charge in [-0.3, -0.25) is 9.40 Å². The Kier molecular flexibility index (Phi) is 4.51. The summed E-state index contributed by atoms with van der Waals surface area (Å²) in [5, 5.41) is 5.33. The van der Waals surface area contributed by atoms with Gasteiger partial charge in [-0.15, -0.1) is 0 Å². The van der Waals surface area contributed by atoms with Gasteiger partial charge in [0.1, 0.15) is 0 Å². The van der Waals surface area contributed by atoms with E-state index in [1.807, 2.05) is 13.0 Å². The molecule has 5 nitrogen and oxygen atoms in total. The molecule has 1 heterocycles. The normalized spacial score (nSPS) is 11.7. The average Bonchev–Trinajstić information content (AvgIpc) is 2.60. The molecular weight excluding hydrogens is 333 g/mol. The second-order valence-electron chi connectivity index (χ2n) is 4.83. The zero-order chi connectivity index (χ0) is 15.8. The molecule has 0 aliphatic heterocycles. The fraction of sp³-hybridized carbons (Fsp3) is 0.308. The number of anilines is 1. The first-order valence-electron chi connectivity index (χ1n) is 6.13. The Balaban J connectivity index is 2.33. The lowest BCUT2D eigenvalue weighted by molar-refractivity contribution is 0.606. The monoisotopic (exact) mass is 347 g/mol. The zero-order valence-electron chi connectivity index (χ0n) is 11.8. The lowest BCUT2D eigenvalue weighted by Gasteiger charge is -2.07. The number of sulfonamides is 1. The molecule has 2 rings (SSSR count). The molecule has 114 valence electrons. The Hall–Kier alpha value is -1.24. The van der Waals surface area contributed by atoms with E-state index in [0.29, 0.717) is 28.0 Å². The van der Waals surface area contributed by atoms with Crippen LogP contribution >= 0.6 is 23.2 Å². The molecule has 0 radical (unpaired) electrons. The molecule has 0 saturated heterocycles. The molecule has 0 unspecified atom stereocenters. The number of aryl methyl sites for hydroxylation is 1. The van der Waals surface area contributed by atoms with Crippen LogP contribution in [0, 0.1) is 13.8 Å². The Morgan fingerprint density at radius 2 is 1.90 bits per heavy atom. The first-order valence-corrected chi connectivity index (χ1v) is 8.78. The number of benzene rings is 1. The quantitative estimate of drug-likeness (QED) is 0.923. The summed E-state index contributed by atoms with van der Waals surface area (Å²) in [5.41, 5.74) is 2.81. The summed E-state index contributed by atoms with van der Waals surface area (Å²) in [5.74, 6) is 0. The summed E-state index contributed by atoms with van der Waals surface area (Å²) in [6.45, 7) is 4.05. The summed E-state index contributed by atoms with van der Waals surface area (Å²) >= 11 is 11.9. The molecule has 0 saturated carbocycles. The van der Waals surface area contributed by atoms with Crippen LogP contribution < -0.4 is 4.72 Å². The van der Waals surface area contributed by atoms with Crippen molar-refractivity contribution in [3.8, 4) is 0 Å². The molecular formula is C13H15Cl2N3O2S. The fourth-order valence-corrected chi connectivity index (χ4v) is 2.98. The van der Waals surface area contributed by atoms with Gasteiger partial charge < -0.3 is 0 Å². The Labute approximate surface area is 133 Å². The van der Waals surface area contributed by atoms with E-state index in [2.05, 4.69) is 9.82 Å². The fourth-order valence-electron chi connectivity index (χ4n) is 1.99. The van der Waals surface area contributed by atoms with E-state index in [4.69, 9.17) is 23.2 Å². The first-order chi connectivity index (χ1) is 9.67. The van der Waals surface area contributed by atoms with E-state index in [-0.39, 0.29) is 0 Å². The average molecular weight is 348 g/mol. The predicted octanol–water partition coefficient (Wildman–Crippen LogP) is 3.23. The van der Waals surface area contributed by atoms with E-state index >= 15 is 0 Å². The molecule has 21 heavy (non-hydrogen) atoms. The van der Waals surface area contributed by atoms with Gasteiger partial charge in [-0.05, 0) is 31.5 Å². The largest absolute Gasteiger partial charge is 0.280 e. The molecule has 2 aromatic rings. The van der Waals surface area contributed by atoms with Crippen molar-refractivity contribution in [3.05, 3.63) is 45.2 Å². The first kappa shape index (κ1) is 16.1. The number of hydrogen-bond acceptors (Lipinski definition) is 3. The number of hydrogen-bond donors (Lipinski definition) is 1. The van der Waals surface area contributed by atoms with Crippen molar-refractivity contribution in [2.45, 2.75) is 20.4 Å².